The van der Waals surface area contributed by atoms with Crippen LogP contribution in [0.5, 0.6) is 0 Å². The lowest BCUT2D eigenvalue weighted by Crippen LogP contribution is -2.28. The van der Waals surface area contributed by atoms with Crippen LogP contribution in [-0.2, 0) is 22.7 Å². The van der Waals surface area contributed by atoms with E-state index in [1.54, 1.807) is 0 Å². The number of aromatic nitrogens is 2. The lowest BCUT2D eigenvalue weighted by atomic mass is 10.5. The largest absolute Gasteiger partial charge is 0.481 e. The van der Waals surface area contributed by atoms with Crippen LogP contribution in [0.15, 0.2) is 17.1 Å². The molecule has 1 aliphatic rings. The molecule has 1 aliphatic heterocycles. The Morgan fingerprint density at radius 2 is 2.17 bits per heavy atom. The fourth-order valence-corrected chi connectivity index (χ4v) is 4.31. The second kappa shape index (κ2) is 7.01. The number of nitrogens with zero attached hydrogens (tertiary/aromatic N) is 2. The molecule has 0 saturated carbocycles. The van der Waals surface area contributed by atoms with Crippen molar-refractivity contribution in [3.05, 3.63) is 22.7 Å². The monoisotopic (exact) mass is 389 g/mol. The predicted molar refractivity (Wildman–Crippen MR) is 78.2 cm³/mol. The molecule has 3 unspecified atom stereocenters. The number of rotatable bonds is 6. The standard InChI is InChI=1S/C8H13N3O9P2S/c9-5-1-2-11(8(12)10-5)6-4-23-7(19-6)3-18-22(16,17)20-21(13,14)15/h1-2,6-7H,3-4H2,(H,16,17)(H2,9,10,12)(H2,13,14,15). The third kappa shape index (κ3) is 5.68. The lowest BCUT2D eigenvalue weighted by Gasteiger charge is -2.16. The van der Waals surface area contributed by atoms with Crippen molar-refractivity contribution in [2.75, 3.05) is 18.1 Å². The van der Waals surface area contributed by atoms with Gasteiger partial charge in [0.1, 0.15) is 17.5 Å². The number of hydrogen-bond donors (Lipinski definition) is 4. The van der Waals surface area contributed by atoms with Crippen molar-refractivity contribution in [3.63, 3.8) is 0 Å². The van der Waals surface area contributed by atoms with E-state index in [9.17, 15) is 13.9 Å². The highest BCUT2D eigenvalue weighted by atomic mass is 32.2. The molecule has 0 aliphatic carbocycles. The lowest BCUT2D eigenvalue weighted by molar-refractivity contribution is -0.00646. The summed E-state index contributed by atoms with van der Waals surface area (Å²) in [6.07, 6.45) is 0.711. The summed E-state index contributed by atoms with van der Waals surface area (Å²) in [5.74, 6) is 0.391. The van der Waals surface area contributed by atoms with E-state index >= 15 is 0 Å². The summed E-state index contributed by atoms with van der Waals surface area (Å²) in [4.78, 5) is 41.3. The Morgan fingerprint density at radius 3 is 2.78 bits per heavy atom. The van der Waals surface area contributed by atoms with E-state index in [1.807, 2.05) is 0 Å². The SMILES string of the molecule is Nc1ccn(C2CSC(COP(=O)(O)OP(=O)(O)O)O2)c(=O)n1. The maximum Gasteiger partial charge on any atom is 0.481 e. The van der Waals surface area contributed by atoms with Crippen molar-refractivity contribution in [3.8, 4) is 0 Å². The van der Waals surface area contributed by atoms with Crippen LogP contribution in [0.25, 0.3) is 0 Å². The van der Waals surface area contributed by atoms with Gasteiger partial charge in [-0.05, 0) is 6.07 Å². The van der Waals surface area contributed by atoms with E-state index in [-0.39, 0.29) is 5.82 Å². The molecular formula is C8H13N3O9P2S. The Labute approximate surface area is 133 Å². The molecule has 23 heavy (non-hydrogen) atoms. The van der Waals surface area contributed by atoms with Crippen LogP contribution in [0, 0.1) is 0 Å². The van der Waals surface area contributed by atoms with Gasteiger partial charge >= 0.3 is 21.3 Å². The van der Waals surface area contributed by atoms with Crippen LogP contribution in [0.3, 0.4) is 0 Å². The molecule has 2 rings (SSSR count). The fraction of sp³-hybridized carbons (Fsp3) is 0.500. The Kier molecular flexibility index (Phi) is 5.67. The number of phosphoric ester groups is 1. The van der Waals surface area contributed by atoms with Crippen molar-refractivity contribution in [1.29, 1.82) is 0 Å². The van der Waals surface area contributed by atoms with Crippen LogP contribution >= 0.6 is 27.4 Å². The van der Waals surface area contributed by atoms with Gasteiger partial charge in [0.2, 0.25) is 0 Å². The Balaban J connectivity index is 1.92. The topological polar surface area (TPSA) is 183 Å². The van der Waals surface area contributed by atoms with Crippen LogP contribution < -0.4 is 11.4 Å². The van der Waals surface area contributed by atoms with Gasteiger partial charge in [0.05, 0.1) is 6.61 Å². The van der Waals surface area contributed by atoms with E-state index in [4.69, 9.17) is 25.2 Å². The highest BCUT2D eigenvalue weighted by Gasteiger charge is 2.35. The zero-order chi connectivity index (χ0) is 17.3. The third-order valence-corrected chi connectivity index (χ3v) is 5.73. The van der Waals surface area contributed by atoms with Crippen molar-refractivity contribution in [1.82, 2.24) is 9.55 Å². The summed E-state index contributed by atoms with van der Waals surface area (Å²) in [6.45, 7) is -0.480. The first-order valence-electron chi connectivity index (χ1n) is 5.92. The van der Waals surface area contributed by atoms with Gasteiger partial charge < -0.3 is 25.2 Å². The first kappa shape index (κ1) is 18.6. The maximum atomic E-state index is 11.7. The molecule has 3 atom stereocenters. The third-order valence-electron chi connectivity index (χ3n) is 2.48. The Bertz CT molecular complexity index is 721. The minimum Gasteiger partial charge on any atom is -0.383 e. The van der Waals surface area contributed by atoms with Crippen molar-refractivity contribution in [2.45, 2.75) is 11.7 Å². The van der Waals surface area contributed by atoms with E-state index in [2.05, 4.69) is 13.8 Å². The van der Waals surface area contributed by atoms with Crippen LogP contribution in [0.2, 0.25) is 0 Å². The summed E-state index contributed by atoms with van der Waals surface area (Å²) < 4.78 is 36.5. The number of nitrogens with two attached hydrogens (primary N) is 1. The molecule has 1 aromatic heterocycles. The van der Waals surface area contributed by atoms with E-state index in [1.165, 1.54) is 28.6 Å². The number of ether oxygens (including phenoxy) is 1. The minimum absolute atomic E-state index is 0.0626. The number of anilines is 1. The molecule has 0 spiro atoms. The summed E-state index contributed by atoms with van der Waals surface area (Å²) >= 11 is 1.17. The minimum atomic E-state index is -5.17. The highest BCUT2D eigenvalue weighted by molar-refractivity contribution is 8.00. The zero-order valence-electron chi connectivity index (χ0n) is 11.3. The average molecular weight is 389 g/mol. The van der Waals surface area contributed by atoms with Gasteiger partial charge in [-0.25, -0.2) is 13.9 Å². The zero-order valence-corrected chi connectivity index (χ0v) is 13.9. The van der Waals surface area contributed by atoms with Crippen LogP contribution in [-0.4, -0.2) is 42.0 Å². The first-order valence-corrected chi connectivity index (χ1v) is 9.99. The molecule has 15 heteroatoms. The van der Waals surface area contributed by atoms with Gasteiger partial charge in [-0.3, -0.25) is 9.09 Å². The van der Waals surface area contributed by atoms with Gasteiger partial charge in [-0.15, -0.1) is 11.8 Å². The van der Waals surface area contributed by atoms with Crippen LogP contribution in [0.4, 0.5) is 5.82 Å². The molecule has 0 amide bonds. The average Bonchev–Trinajstić information content (AvgIpc) is 2.82. The Morgan fingerprint density at radius 1 is 1.48 bits per heavy atom. The van der Waals surface area contributed by atoms with Crippen molar-refractivity contribution in [2.24, 2.45) is 0 Å². The van der Waals surface area contributed by atoms with Crippen molar-refractivity contribution < 1.29 is 37.4 Å². The number of hydrogen-bond acceptors (Lipinski definition) is 9. The molecule has 1 saturated heterocycles. The fourth-order valence-electron chi connectivity index (χ4n) is 1.63. The molecule has 130 valence electrons. The van der Waals surface area contributed by atoms with Gasteiger partial charge in [0, 0.05) is 11.9 Å². The molecule has 0 radical (unpaired) electrons. The summed E-state index contributed by atoms with van der Waals surface area (Å²) in [5, 5.41) is 0. The molecule has 2 heterocycles. The van der Waals surface area contributed by atoms with Gasteiger partial charge in [0.25, 0.3) is 0 Å². The number of thioether (sulfide) groups is 1. The Hall–Kier alpha value is -0.750. The van der Waals surface area contributed by atoms with Gasteiger partial charge in [0.15, 0.2) is 0 Å². The van der Waals surface area contributed by atoms with E-state index < -0.39 is 39.6 Å². The summed E-state index contributed by atoms with van der Waals surface area (Å²) in [5.41, 5.74) is 4.01. The van der Waals surface area contributed by atoms with Crippen LogP contribution in [0.1, 0.15) is 6.23 Å². The maximum absolute atomic E-state index is 11.7. The normalized spacial score (nSPS) is 24.5. The van der Waals surface area contributed by atoms with Crippen molar-refractivity contribution >= 4 is 33.2 Å². The summed E-state index contributed by atoms with van der Waals surface area (Å²) in [7, 11) is -10.1. The second-order valence-electron chi connectivity index (χ2n) is 4.23. The predicted octanol–water partition coefficient (Wildman–Crippen LogP) is -0.360. The molecule has 0 bridgehead atoms. The first-order chi connectivity index (χ1) is 10.6. The smallest absolute Gasteiger partial charge is 0.383 e. The quantitative estimate of drug-likeness (QED) is 0.464. The molecular weight excluding hydrogens is 376 g/mol. The van der Waals surface area contributed by atoms with E-state index in [0.29, 0.717) is 5.75 Å². The van der Waals surface area contributed by atoms with Gasteiger partial charge in [-0.2, -0.15) is 9.29 Å². The van der Waals surface area contributed by atoms with Gasteiger partial charge in [-0.1, -0.05) is 0 Å². The van der Waals surface area contributed by atoms with E-state index in [0.717, 1.165) is 0 Å². The number of phosphoric acid groups is 2. The molecule has 1 fully saturated rings. The molecule has 0 aromatic carbocycles. The summed E-state index contributed by atoms with van der Waals surface area (Å²) in [6, 6.07) is 1.41. The second-order valence-corrected chi connectivity index (χ2v) is 8.25. The molecule has 12 nitrogen and oxygen atoms in total. The molecule has 5 N–H and O–H groups in total. The molecule has 1 aromatic rings. The number of nitrogen functional groups attached to an aromatic ring is 1. The highest BCUT2D eigenvalue weighted by Crippen LogP contribution is 2.57.